The molecule has 1 heterocycles. The summed E-state index contributed by atoms with van der Waals surface area (Å²) >= 11 is 0. The van der Waals surface area contributed by atoms with E-state index in [-0.39, 0.29) is 0 Å². The van der Waals surface area contributed by atoms with Gasteiger partial charge in [0, 0.05) is 12.3 Å². The number of hydrogen-bond acceptors (Lipinski definition) is 5. The van der Waals surface area contributed by atoms with E-state index in [4.69, 9.17) is 10.6 Å². The molecule has 0 bridgehead atoms. The van der Waals surface area contributed by atoms with Gasteiger partial charge in [0.05, 0.1) is 0 Å². The molecule has 0 amide bonds. The van der Waals surface area contributed by atoms with Crippen molar-refractivity contribution >= 4 is 5.95 Å². The summed E-state index contributed by atoms with van der Waals surface area (Å²) in [6.07, 6.45) is 2.55. The van der Waals surface area contributed by atoms with Gasteiger partial charge in [-0.3, -0.25) is 5.43 Å². The maximum atomic E-state index is 5.62. The number of hydrogen-bond donors (Lipinski definition) is 2. The highest BCUT2D eigenvalue weighted by Crippen LogP contribution is 2.20. The number of nitrogens with two attached hydrogens (primary N) is 1. The lowest BCUT2D eigenvalue weighted by molar-refractivity contribution is 0.462. The average Bonchev–Trinajstić information content (AvgIpc) is 2.39. The summed E-state index contributed by atoms with van der Waals surface area (Å²) in [6, 6.07) is 9.56. The quantitative estimate of drug-likeness (QED) is 0.621. The van der Waals surface area contributed by atoms with Crippen molar-refractivity contribution in [3.63, 3.8) is 0 Å². The lowest BCUT2D eigenvalue weighted by Gasteiger charge is -2.06. The lowest BCUT2D eigenvalue weighted by atomic mass is 10.2. The van der Waals surface area contributed by atoms with Gasteiger partial charge >= 0.3 is 0 Å². The smallest absolute Gasteiger partial charge is 0.240 e. The van der Waals surface area contributed by atoms with Gasteiger partial charge in [0.1, 0.15) is 5.75 Å². The molecule has 2 aromatic rings. The van der Waals surface area contributed by atoms with Gasteiger partial charge in [0.15, 0.2) is 0 Å². The Kier molecular flexibility index (Phi) is 3.52. The number of nitrogens with one attached hydrogen (secondary N) is 1. The molecule has 1 aromatic heterocycles. The van der Waals surface area contributed by atoms with Crippen molar-refractivity contribution in [2.75, 3.05) is 5.43 Å². The van der Waals surface area contributed by atoms with Crippen LogP contribution in [0.2, 0.25) is 0 Å². The number of aromatic nitrogens is 2. The molecule has 0 aliphatic heterocycles. The molecule has 1 aromatic carbocycles. The normalized spacial score (nSPS) is 10.0. The van der Waals surface area contributed by atoms with Gasteiger partial charge < -0.3 is 4.74 Å². The highest BCUT2D eigenvalue weighted by molar-refractivity contribution is 5.33. The molecule has 3 N–H and O–H groups in total. The van der Waals surface area contributed by atoms with Crippen molar-refractivity contribution in [3.8, 4) is 11.6 Å². The molecule has 0 spiro atoms. The van der Waals surface area contributed by atoms with Crippen molar-refractivity contribution in [2.45, 2.75) is 13.3 Å². The maximum absolute atomic E-state index is 5.62. The van der Waals surface area contributed by atoms with Crippen LogP contribution in [0.3, 0.4) is 0 Å². The van der Waals surface area contributed by atoms with Crippen LogP contribution in [-0.4, -0.2) is 9.97 Å². The number of rotatable bonds is 4. The Balaban J connectivity index is 2.18. The van der Waals surface area contributed by atoms with Crippen LogP contribution < -0.4 is 16.0 Å². The number of hydrazine groups is 1. The van der Waals surface area contributed by atoms with Crippen LogP contribution >= 0.6 is 0 Å². The fourth-order valence-electron chi connectivity index (χ4n) is 1.42. The van der Waals surface area contributed by atoms with E-state index in [9.17, 15) is 0 Å². The summed E-state index contributed by atoms with van der Waals surface area (Å²) in [5.74, 6) is 6.77. The fourth-order valence-corrected chi connectivity index (χ4v) is 1.42. The number of benzene rings is 1. The summed E-state index contributed by atoms with van der Waals surface area (Å²) in [4.78, 5) is 7.98. The molecular formula is C12H14N4O. The lowest BCUT2D eigenvalue weighted by Crippen LogP contribution is -2.10. The molecule has 0 saturated heterocycles. The molecule has 5 nitrogen and oxygen atoms in total. The van der Waals surface area contributed by atoms with E-state index in [1.807, 2.05) is 18.2 Å². The predicted molar refractivity (Wildman–Crippen MR) is 65.7 cm³/mol. The highest BCUT2D eigenvalue weighted by Gasteiger charge is 2.01. The molecule has 0 fully saturated rings. The van der Waals surface area contributed by atoms with Crippen molar-refractivity contribution in [3.05, 3.63) is 42.1 Å². The van der Waals surface area contributed by atoms with E-state index < -0.39 is 0 Å². The topological polar surface area (TPSA) is 73.1 Å². The minimum atomic E-state index is 0.328. The fraction of sp³-hybridized carbons (Fsp3) is 0.167. The van der Waals surface area contributed by atoms with Crippen LogP contribution in [0, 0.1) is 0 Å². The molecule has 0 radical (unpaired) electrons. The molecular weight excluding hydrogens is 216 g/mol. The average molecular weight is 230 g/mol. The van der Waals surface area contributed by atoms with Crippen LogP contribution in [0.5, 0.6) is 11.6 Å². The van der Waals surface area contributed by atoms with Crippen LogP contribution in [0.1, 0.15) is 12.5 Å². The Morgan fingerprint density at radius 3 is 3.00 bits per heavy atom. The SMILES string of the molecule is CCc1cccc(Oc2ccnc(NN)n2)c1. The molecule has 5 heteroatoms. The van der Waals surface area contributed by atoms with Gasteiger partial charge in [-0.25, -0.2) is 10.8 Å². The molecule has 0 atom stereocenters. The molecule has 2 rings (SSSR count). The van der Waals surface area contributed by atoms with E-state index in [0.717, 1.165) is 12.2 Å². The Morgan fingerprint density at radius 2 is 2.24 bits per heavy atom. The number of ether oxygens (including phenoxy) is 1. The molecule has 0 aliphatic carbocycles. The molecule has 0 unspecified atom stereocenters. The Bertz CT molecular complexity index is 456. The Labute approximate surface area is 99.6 Å². The maximum Gasteiger partial charge on any atom is 0.240 e. The van der Waals surface area contributed by atoms with E-state index in [2.05, 4.69) is 28.4 Å². The predicted octanol–water partition coefficient (Wildman–Crippen LogP) is 2.12. The first-order valence-electron chi connectivity index (χ1n) is 5.38. The van der Waals surface area contributed by atoms with Crippen LogP contribution in [0.25, 0.3) is 0 Å². The van der Waals surface area contributed by atoms with Crippen molar-refractivity contribution in [1.29, 1.82) is 0 Å². The van der Waals surface area contributed by atoms with E-state index in [0.29, 0.717) is 11.8 Å². The summed E-state index contributed by atoms with van der Waals surface area (Å²) < 4.78 is 5.62. The zero-order chi connectivity index (χ0) is 12.1. The third-order valence-electron chi connectivity index (χ3n) is 2.29. The van der Waals surface area contributed by atoms with Crippen molar-refractivity contribution in [1.82, 2.24) is 9.97 Å². The van der Waals surface area contributed by atoms with Gasteiger partial charge in [0.25, 0.3) is 0 Å². The third-order valence-corrected chi connectivity index (χ3v) is 2.29. The Hall–Kier alpha value is -2.14. The first kappa shape index (κ1) is 11.3. The van der Waals surface area contributed by atoms with Gasteiger partial charge in [-0.2, -0.15) is 4.98 Å². The van der Waals surface area contributed by atoms with Crippen LogP contribution in [0.15, 0.2) is 36.5 Å². The first-order chi connectivity index (χ1) is 8.31. The number of nitrogen functional groups attached to an aromatic ring is 1. The molecule has 17 heavy (non-hydrogen) atoms. The second-order valence-electron chi connectivity index (χ2n) is 3.47. The summed E-state index contributed by atoms with van der Waals surface area (Å²) in [5, 5.41) is 0. The van der Waals surface area contributed by atoms with Crippen LogP contribution in [-0.2, 0) is 6.42 Å². The van der Waals surface area contributed by atoms with Gasteiger partial charge in [-0.1, -0.05) is 19.1 Å². The largest absolute Gasteiger partial charge is 0.439 e. The highest BCUT2D eigenvalue weighted by atomic mass is 16.5. The van der Waals surface area contributed by atoms with Gasteiger partial charge in [-0.05, 0) is 24.1 Å². The monoisotopic (exact) mass is 230 g/mol. The number of aryl methyl sites for hydroxylation is 1. The summed E-state index contributed by atoms with van der Waals surface area (Å²) in [5.41, 5.74) is 3.59. The summed E-state index contributed by atoms with van der Waals surface area (Å²) in [7, 11) is 0. The minimum absolute atomic E-state index is 0.328. The third kappa shape index (κ3) is 2.92. The summed E-state index contributed by atoms with van der Waals surface area (Å²) in [6.45, 7) is 2.10. The van der Waals surface area contributed by atoms with E-state index in [1.165, 1.54) is 5.56 Å². The number of anilines is 1. The van der Waals surface area contributed by atoms with E-state index in [1.54, 1.807) is 12.3 Å². The number of nitrogens with zero attached hydrogens (tertiary/aromatic N) is 2. The van der Waals surface area contributed by atoms with Gasteiger partial charge in [0.2, 0.25) is 11.8 Å². The Morgan fingerprint density at radius 1 is 1.35 bits per heavy atom. The van der Waals surface area contributed by atoms with Crippen molar-refractivity contribution in [2.24, 2.45) is 5.84 Å². The minimum Gasteiger partial charge on any atom is -0.439 e. The first-order valence-corrected chi connectivity index (χ1v) is 5.38. The molecule has 0 aliphatic rings. The second-order valence-corrected chi connectivity index (χ2v) is 3.47. The molecule has 88 valence electrons. The van der Waals surface area contributed by atoms with E-state index >= 15 is 0 Å². The second kappa shape index (κ2) is 5.27. The zero-order valence-electron chi connectivity index (χ0n) is 9.55. The standard InChI is InChI=1S/C12H14N4O/c1-2-9-4-3-5-10(8-9)17-11-6-7-14-12(15-11)16-13/h3-8H,2,13H2,1H3,(H,14,15,16). The van der Waals surface area contributed by atoms with Gasteiger partial charge in [-0.15, -0.1) is 0 Å². The van der Waals surface area contributed by atoms with Crippen LogP contribution in [0.4, 0.5) is 5.95 Å². The van der Waals surface area contributed by atoms with Crippen molar-refractivity contribution < 1.29 is 4.74 Å². The zero-order valence-corrected chi connectivity index (χ0v) is 9.55. The molecule has 0 saturated carbocycles.